The summed E-state index contributed by atoms with van der Waals surface area (Å²) in [6, 6.07) is 6.13. The van der Waals surface area contributed by atoms with Gasteiger partial charge in [0, 0.05) is 13.0 Å². The van der Waals surface area contributed by atoms with Crippen molar-refractivity contribution in [3.05, 3.63) is 35.4 Å². The monoisotopic (exact) mass is 581 g/mol. The smallest absolute Gasteiger partial charge is 0.410 e. The van der Waals surface area contributed by atoms with Gasteiger partial charge in [0.25, 0.3) is 0 Å². The Morgan fingerprint density at radius 1 is 0.952 bits per heavy atom. The van der Waals surface area contributed by atoms with E-state index in [0.29, 0.717) is 54.9 Å². The SMILES string of the molecule is C#CCOc1ccc(C=O)c(O)c1OC.C#CCOc1ccc(C=O)c(OC2CCN(C(=O)OC(C)(C)C)C2)c1OC. The minimum atomic E-state index is -0.563. The van der Waals surface area contributed by atoms with E-state index in [2.05, 4.69) is 11.8 Å². The van der Waals surface area contributed by atoms with Crippen LogP contribution < -0.4 is 23.7 Å². The van der Waals surface area contributed by atoms with Crippen molar-refractivity contribution in [2.24, 2.45) is 0 Å². The number of phenols is 1. The summed E-state index contributed by atoms with van der Waals surface area (Å²) in [7, 11) is 2.83. The van der Waals surface area contributed by atoms with Crippen molar-refractivity contribution in [3.63, 3.8) is 0 Å². The Balaban J connectivity index is 0.000000347. The molecule has 0 bridgehead atoms. The number of rotatable bonds is 10. The van der Waals surface area contributed by atoms with E-state index in [9.17, 15) is 19.5 Å². The van der Waals surface area contributed by atoms with Gasteiger partial charge >= 0.3 is 6.09 Å². The van der Waals surface area contributed by atoms with Crippen molar-refractivity contribution in [1.29, 1.82) is 0 Å². The second kappa shape index (κ2) is 15.7. The Labute approximate surface area is 245 Å². The standard InChI is InChI=1S/C20H25NO6.C11H10O4/c1-6-11-25-16-8-7-14(13-22)17(18(16)24-5)26-15-9-10-21(12-15)19(23)27-20(2,3)4;1-3-6-15-9-5-4-8(7-12)10(13)11(9)14-2/h1,7-8,13,15H,9-12H2,2-5H3;1,4-5,7,13H,6H2,2H3. The Hall–Kier alpha value is -5.03. The van der Waals surface area contributed by atoms with Crippen LogP contribution >= 0.6 is 0 Å². The normalized spacial score (nSPS) is 13.8. The van der Waals surface area contributed by atoms with Crippen LogP contribution in [0.15, 0.2) is 24.3 Å². The van der Waals surface area contributed by atoms with Gasteiger partial charge < -0.3 is 38.4 Å². The molecule has 3 rings (SSSR count). The largest absolute Gasteiger partial charge is 0.504 e. The zero-order valence-electron chi connectivity index (χ0n) is 24.3. The van der Waals surface area contributed by atoms with Gasteiger partial charge in [0.1, 0.15) is 24.9 Å². The summed E-state index contributed by atoms with van der Waals surface area (Å²) in [6.07, 6.45) is 11.4. The Bertz CT molecular complexity index is 1330. The third-order valence-electron chi connectivity index (χ3n) is 5.60. The number of hydrogen-bond acceptors (Lipinski definition) is 10. The lowest BCUT2D eigenvalue weighted by molar-refractivity contribution is 0.0275. The molecule has 11 heteroatoms. The summed E-state index contributed by atoms with van der Waals surface area (Å²) in [5.41, 5.74) is -0.0948. The zero-order chi connectivity index (χ0) is 31.3. The van der Waals surface area contributed by atoms with Crippen LogP contribution in [0.1, 0.15) is 47.9 Å². The minimum Gasteiger partial charge on any atom is -0.504 e. The minimum absolute atomic E-state index is 0.0616. The van der Waals surface area contributed by atoms with Gasteiger partial charge in [-0.25, -0.2) is 4.79 Å². The topological polar surface area (TPSA) is 130 Å². The van der Waals surface area contributed by atoms with Crippen LogP contribution in [0.5, 0.6) is 34.5 Å². The number of amides is 1. The van der Waals surface area contributed by atoms with Crippen LogP contribution in [-0.4, -0.2) is 80.9 Å². The first-order valence-electron chi connectivity index (χ1n) is 12.8. The molecule has 0 aliphatic carbocycles. The lowest BCUT2D eigenvalue weighted by atomic mass is 10.2. The average Bonchev–Trinajstić information content (AvgIpc) is 3.43. The van der Waals surface area contributed by atoms with Crippen LogP contribution in [0.3, 0.4) is 0 Å². The van der Waals surface area contributed by atoms with E-state index in [1.54, 1.807) is 17.0 Å². The van der Waals surface area contributed by atoms with E-state index >= 15 is 0 Å². The van der Waals surface area contributed by atoms with Gasteiger partial charge in [-0.15, -0.1) is 12.8 Å². The van der Waals surface area contributed by atoms with Crippen LogP contribution in [0.2, 0.25) is 0 Å². The molecule has 0 saturated carbocycles. The molecule has 1 N–H and O–H groups in total. The first kappa shape index (κ1) is 33.2. The van der Waals surface area contributed by atoms with Crippen molar-refractivity contribution in [2.75, 3.05) is 40.5 Å². The fraction of sp³-hybridized carbons (Fsp3) is 0.387. The van der Waals surface area contributed by atoms with Crippen LogP contribution in [0.25, 0.3) is 0 Å². The summed E-state index contributed by atoms with van der Waals surface area (Å²) in [4.78, 5) is 35.8. The van der Waals surface area contributed by atoms with E-state index in [-0.39, 0.29) is 48.2 Å². The lowest BCUT2D eigenvalue weighted by Gasteiger charge is -2.24. The first-order chi connectivity index (χ1) is 20.0. The van der Waals surface area contributed by atoms with Gasteiger partial charge in [-0.1, -0.05) is 11.8 Å². The van der Waals surface area contributed by atoms with E-state index in [1.165, 1.54) is 26.4 Å². The second-order valence-corrected chi connectivity index (χ2v) is 9.73. The number of ether oxygens (including phenoxy) is 6. The molecule has 11 nitrogen and oxygen atoms in total. The van der Waals surface area contributed by atoms with Gasteiger partial charge in [0.2, 0.25) is 11.5 Å². The van der Waals surface area contributed by atoms with Crippen LogP contribution in [0, 0.1) is 24.7 Å². The van der Waals surface area contributed by atoms with Crippen molar-refractivity contribution >= 4 is 18.7 Å². The molecule has 1 heterocycles. The number of carbonyl (C=O) groups excluding carboxylic acids is 3. The van der Waals surface area contributed by atoms with Gasteiger partial charge in [0.05, 0.1) is 31.9 Å². The lowest BCUT2D eigenvalue weighted by Crippen LogP contribution is -2.36. The molecule has 224 valence electrons. The number of aromatic hydroxyl groups is 1. The van der Waals surface area contributed by atoms with Gasteiger partial charge in [-0.3, -0.25) is 9.59 Å². The summed E-state index contributed by atoms with van der Waals surface area (Å²) in [5, 5.41) is 9.58. The number of methoxy groups -OCH3 is 2. The highest BCUT2D eigenvalue weighted by Gasteiger charge is 2.32. The van der Waals surface area contributed by atoms with Crippen molar-refractivity contribution in [3.8, 4) is 59.2 Å². The molecule has 2 aromatic carbocycles. The highest BCUT2D eigenvalue weighted by molar-refractivity contribution is 5.83. The van der Waals surface area contributed by atoms with E-state index in [1.807, 2.05) is 20.8 Å². The van der Waals surface area contributed by atoms with Crippen LogP contribution in [-0.2, 0) is 4.74 Å². The summed E-state index contributed by atoms with van der Waals surface area (Å²) < 4.78 is 32.3. The molecule has 1 saturated heterocycles. The quantitative estimate of drug-likeness (QED) is 0.323. The maximum Gasteiger partial charge on any atom is 0.410 e. The molecule has 42 heavy (non-hydrogen) atoms. The predicted octanol–water partition coefficient (Wildman–Crippen LogP) is 4.13. The van der Waals surface area contributed by atoms with E-state index in [0.717, 1.165) is 0 Å². The number of aldehydes is 2. The molecule has 1 fully saturated rings. The zero-order valence-corrected chi connectivity index (χ0v) is 24.3. The van der Waals surface area contributed by atoms with Crippen molar-refractivity contribution < 1.29 is 47.9 Å². The van der Waals surface area contributed by atoms with Crippen molar-refractivity contribution in [1.82, 2.24) is 4.90 Å². The number of carbonyl (C=O) groups is 3. The Morgan fingerprint density at radius 3 is 2.00 bits per heavy atom. The highest BCUT2D eigenvalue weighted by atomic mass is 16.6. The van der Waals surface area contributed by atoms with E-state index < -0.39 is 5.60 Å². The molecule has 0 radical (unpaired) electrons. The van der Waals surface area contributed by atoms with Gasteiger partial charge in [0.15, 0.2) is 35.6 Å². The third kappa shape index (κ3) is 9.00. The van der Waals surface area contributed by atoms with Crippen LogP contribution in [0.4, 0.5) is 4.79 Å². The number of terminal acetylenes is 2. The molecule has 0 aromatic heterocycles. The number of likely N-dealkylation sites (tertiary alicyclic amines) is 1. The third-order valence-corrected chi connectivity index (χ3v) is 5.60. The summed E-state index contributed by atoms with van der Waals surface area (Å²) in [5.74, 6) is 5.79. The predicted molar refractivity (Wildman–Crippen MR) is 154 cm³/mol. The molecule has 2 aromatic rings. The Kier molecular flexibility index (Phi) is 12.4. The van der Waals surface area contributed by atoms with Gasteiger partial charge in [-0.2, -0.15) is 0 Å². The molecular weight excluding hydrogens is 546 g/mol. The Morgan fingerprint density at radius 2 is 1.50 bits per heavy atom. The number of hydrogen-bond donors (Lipinski definition) is 1. The fourth-order valence-corrected chi connectivity index (χ4v) is 3.78. The summed E-state index contributed by atoms with van der Waals surface area (Å²) in [6.45, 7) is 6.44. The molecule has 1 aliphatic heterocycles. The highest BCUT2D eigenvalue weighted by Crippen LogP contribution is 2.41. The van der Waals surface area contributed by atoms with Crippen molar-refractivity contribution in [2.45, 2.75) is 38.9 Å². The van der Waals surface area contributed by atoms with E-state index in [4.69, 9.17) is 41.3 Å². The average molecular weight is 582 g/mol. The maximum atomic E-state index is 12.2. The number of nitrogens with zero attached hydrogens (tertiary/aromatic N) is 1. The summed E-state index contributed by atoms with van der Waals surface area (Å²) >= 11 is 0. The number of benzene rings is 2. The molecule has 1 amide bonds. The molecule has 0 spiro atoms. The first-order valence-corrected chi connectivity index (χ1v) is 12.8. The molecule has 1 atom stereocenters. The number of phenolic OH excluding ortho intramolecular Hbond substituents is 1. The van der Waals surface area contributed by atoms with Gasteiger partial charge in [-0.05, 0) is 45.0 Å². The molecule has 1 unspecified atom stereocenters. The molecular formula is C31H35NO10. The molecule has 1 aliphatic rings. The fourth-order valence-electron chi connectivity index (χ4n) is 3.78. The second-order valence-electron chi connectivity index (χ2n) is 9.73. The maximum absolute atomic E-state index is 12.2.